The van der Waals surface area contributed by atoms with E-state index < -0.39 is 12.0 Å². The Kier molecular flexibility index (Phi) is 10.1. The minimum absolute atomic E-state index is 0.257. The van der Waals surface area contributed by atoms with Crippen LogP contribution in [-0.4, -0.2) is 42.8 Å². The highest BCUT2D eigenvalue weighted by molar-refractivity contribution is 9.10. The van der Waals surface area contributed by atoms with Gasteiger partial charge in [-0.1, -0.05) is 42.5 Å². The maximum absolute atomic E-state index is 11.8. The summed E-state index contributed by atoms with van der Waals surface area (Å²) >= 11 is 3.78. The molecule has 4 aromatic rings. The lowest BCUT2D eigenvalue weighted by Gasteiger charge is -2.23. The summed E-state index contributed by atoms with van der Waals surface area (Å²) in [7, 11) is 3.23. The molecule has 1 fully saturated rings. The highest BCUT2D eigenvalue weighted by Crippen LogP contribution is 2.37. The molecule has 1 heterocycles. The molecule has 0 aromatic heterocycles. The molecule has 0 saturated carbocycles. The summed E-state index contributed by atoms with van der Waals surface area (Å²) in [5, 5.41) is 19.0. The van der Waals surface area contributed by atoms with E-state index in [-0.39, 0.29) is 6.61 Å². The third-order valence-corrected chi connectivity index (χ3v) is 8.62. The van der Waals surface area contributed by atoms with Gasteiger partial charge in [-0.05, 0) is 82.3 Å². The molecule has 0 amide bonds. The number of carboxylic acid groups (broad SMARTS) is 1. The zero-order valence-electron chi connectivity index (χ0n) is 24.6. The summed E-state index contributed by atoms with van der Waals surface area (Å²) in [6.07, 6.45) is 1.47. The number of nitriles is 1. The van der Waals surface area contributed by atoms with Crippen molar-refractivity contribution in [2.45, 2.75) is 38.6 Å². The van der Waals surface area contributed by atoms with E-state index in [9.17, 15) is 15.2 Å². The predicted molar refractivity (Wildman–Crippen MR) is 170 cm³/mol. The lowest BCUT2D eigenvalue weighted by atomic mass is 10.0. The zero-order valence-corrected chi connectivity index (χ0v) is 26.2. The van der Waals surface area contributed by atoms with Crippen molar-refractivity contribution in [2.24, 2.45) is 0 Å². The summed E-state index contributed by atoms with van der Waals surface area (Å²) in [5.41, 5.74) is 5.22. The quantitative estimate of drug-likeness (QED) is 0.171. The first-order valence-corrected chi connectivity index (χ1v) is 15.0. The SMILES string of the molecule is COc1ccc(-c2cccc(COc3ccc(CN4CCCC4C(=O)O)c(OCc4cccc(C#N)c4)c3)c2Br)cc1OC. The van der Waals surface area contributed by atoms with Crippen LogP contribution >= 0.6 is 15.9 Å². The Morgan fingerprint density at radius 3 is 2.52 bits per heavy atom. The molecule has 0 spiro atoms. The van der Waals surface area contributed by atoms with Crippen LogP contribution in [-0.2, 0) is 24.6 Å². The monoisotopic (exact) mass is 656 g/mol. The second-order valence-electron chi connectivity index (χ2n) is 10.5. The maximum Gasteiger partial charge on any atom is 0.320 e. The summed E-state index contributed by atoms with van der Waals surface area (Å²) in [6, 6.07) is 26.4. The summed E-state index contributed by atoms with van der Waals surface area (Å²) < 4.78 is 24.3. The summed E-state index contributed by atoms with van der Waals surface area (Å²) in [5.74, 6) is 1.73. The number of likely N-dealkylation sites (tertiary alicyclic amines) is 1. The second-order valence-corrected chi connectivity index (χ2v) is 11.3. The average molecular weight is 658 g/mol. The van der Waals surface area contributed by atoms with E-state index in [2.05, 4.69) is 22.0 Å². The molecule has 9 heteroatoms. The maximum atomic E-state index is 11.8. The highest BCUT2D eigenvalue weighted by atomic mass is 79.9. The Labute approximate surface area is 265 Å². The summed E-state index contributed by atoms with van der Waals surface area (Å²) in [4.78, 5) is 13.8. The molecule has 1 unspecified atom stereocenters. The molecule has 0 aliphatic carbocycles. The average Bonchev–Trinajstić information content (AvgIpc) is 3.52. The predicted octanol–water partition coefficient (Wildman–Crippen LogP) is 7.21. The molecule has 1 aliphatic rings. The molecule has 0 radical (unpaired) electrons. The van der Waals surface area contributed by atoms with Crippen molar-refractivity contribution < 1.29 is 28.8 Å². The second kappa shape index (κ2) is 14.3. The number of hydrogen-bond acceptors (Lipinski definition) is 7. The lowest BCUT2D eigenvalue weighted by Crippen LogP contribution is -2.35. The van der Waals surface area contributed by atoms with Crippen LogP contribution in [0.25, 0.3) is 11.1 Å². The molecule has 1 N–H and O–H groups in total. The number of carbonyl (C=O) groups is 1. The Hall–Kier alpha value is -4.52. The van der Waals surface area contributed by atoms with Gasteiger partial charge in [0.05, 0.1) is 25.9 Å². The Bertz CT molecular complexity index is 1680. The zero-order chi connectivity index (χ0) is 31.1. The van der Waals surface area contributed by atoms with Crippen LogP contribution in [0.4, 0.5) is 0 Å². The minimum Gasteiger partial charge on any atom is -0.493 e. The van der Waals surface area contributed by atoms with Crippen molar-refractivity contribution in [3.63, 3.8) is 0 Å². The van der Waals surface area contributed by atoms with Crippen LogP contribution in [0, 0.1) is 11.3 Å². The van der Waals surface area contributed by atoms with Gasteiger partial charge in [-0.2, -0.15) is 5.26 Å². The molecule has 1 aliphatic heterocycles. The van der Waals surface area contributed by atoms with Gasteiger partial charge in [-0.15, -0.1) is 0 Å². The molecular formula is C35H33BrN2O6. The number of halogens is 1. The molecule has 0 bridgehead atoms. The molecule has 5 rings (SSSR count). The molecule has 1 atom stereocenters. The van der Waals surface area contributed by atoms with Gasteiger partial charge in [0.15, 0.2) is 11.5 Å². The Morgan fingerprint density at radius 2 is 1.75 bits per heavy atom. The fourth-order valence-corrected chi connectivity index (χ4v) is 5.98. The van der Waals surface area contributed by atoms with E-state index in [0.717, 1.165) is 38.7 Å². The highest BCUT2D eigenvalue weighted by Gasteiger charge is 2.31. The van der Waals surface area contributed by atoms with Crippen LogP contribution in [0.15, 0.2) is 83.3 Å². The number of rotatable bonds is 12. The first-order chi connectivity index (χ1) is 21.4. The van der Waals surface area contributed by atoms with Crippen LogP contribution < -0.4 is 18.9 Å². The molecule has 44 heavy (non-hydrogen) atoms. The van der Waals surface area contributed by atoms with Crippen molar-refractivity contribution in [1.29, 1.82) is 5.26 Å². The van der Waals surface area contributed by atoms with Gasteiger partial charge in [0.25, 0.3) is 0 Å². The van der Waals surface area contributed by atoms with Crippen molar-refractivity contribution >= 4 is 21.9 Å². The smallest absolute Gasteiger partial charge is 0.320 e. The number of aliphatic carboxylic acids is 1. The minimum atomic E-state index is -0.806. The standard InChI is InChI=1S/C35H33BrN2O6/c1-41-31-14-12-25(17-33(31)42-2)29-9-4-8-27(34(29)36)22-43-28-13-11-26(20-38-15-5-10-30(38)35(39)40)32(18-28)44-21-24-7-3-6-23(16-24)19-37/h3-4,6-9,11-14,16-18,30H,5,10,15,20-22H2,1-2H3,(H,39,40). The Morgan fingerprint density at radius 1 is 0.932 bits per heavy atom. The van der Waals surface area contributed by atoms with Crippen LogP contribution in [0.5, 0.6) is 23.0 Å². The van der Waals surface area contributed by atoms with E-state index in [0.29, 0.717) is 54.7 Å². The van der Waals surface area contributed by atoms with Crippen molar-refractivity contribution in [3.8, 4) is 40.2 Å². The van der Waals surface area contributed by atoms with E-state index >= 15 is 0 Å². The topological polar surface area (TPSA) is 101 Å². The first-order valence-electron chi connectivity index (χ1n) is 14.2. The van der Waals surface area contributed by atoms with Crippen LogP contribution in [0.2, 0.25) is 0 Å². The number of methoxy groups -OCH3 is 2. The molecule has 8 nitrogen and oxygen atoms in total. The molecular weight excluding hydrogens is 624 g/mol. The van der Waals surface area contributed by atoms with E-state index in [4.69, 9.17) is 18.9 Å². The van der Waals surface area contributed by atoms with Crippen LogP contribution in [0.1, 0.15) is 35.1 Å². The molecule has 226 valence electrons. The normalized spacial score (nSPS) is 14.5. The van der Waals surface area contributed by atoms with Gasteiger partial charge in [-0.25, -0.2) is 0 Å². The number of hydrogen-bond donors (Lipinski definition) is 1. The number of benzene rings is 4. The van der Waals surface area contributed by atoms with Gasteiger partial charge in [0, 0.05) is 28.2 Å². The molecule has 1 saturated heterocycles. The fourth-order valence-electron chi connectivity index (χ4n) is 5.37. The third-order valence-electron chi connectivity index (χ3n) is 7.68. The van der Waals surface area contributed by atoms with E-state index in [1.807, 2.05) is 71.6 Å². The van der Waals surface area contributed by atoms with Gasteiger partial charge in [0.2, 0.25) is 0 Å². The number of nitrogens with zero attached hydrogens (tertiary/aromatic N) is 2. The van der Waals surface area contributed by atoms with Gasteiger partial charge >= 0.3 is 5.97 Å². The van der Waals surface area contributed by atoms with Crippen molar-refractivity contribution in [1.82, 2.24) is 4.90 Å². The largest absolute Gasteiger partial charge is 0.493 e. The number of carboxylic acids is 1. The molecule has 4 aromatic carbocycles. The van der Waals surface area contributed by atoms with Crippen LogP contribution in [0.3, 0.4) is 0 Å². The fraction of sp³-hybridized carbons (Fsp3) is 0.257. The van der Waals surface area contributed by atoms with Crippen molar-refractivity contribution in [2.75, 3.05) is 20.8 Å². The van der Waals surface area contributed by atoms with Gasteiger partial charge in [0.1, 0.15) is 30.8 Å². The third kappa shape index (κ3) is 7.16. The van der Waals surface area contributed by atoms with Gasteiger partial charge in [-0.3, -0.25) is 9.69 Å². The number of ether oxygens (including phenoxy) is 4. The van der Waals surface area contributed by atoms with E-state index in [1.54, 1.807) is 26.4 Å². The van der Waals surface area contributed by atoms with Gasteiger partial charge < -0.3 is 24.1 Å². The Balaban J connectivity index is 1.37. The van der Waals surface area contributed by atoms with Crippen molar-refractivity contribution in [3.05, 3.63) is 106 Å². The lowest BCUT2D eigenvalue weighted by molar-refractivity contribution is -0.142. The van der Waals surface area contributed by atoms with E-state index in [1.165, 1.54) is 0 Å². The first kappa shape index (κ1) is 30.9. The summed E-state index contributed by atoms with van der Waals surface area (Å²) in [6.45, 7) is 1.72.